The van der Waals surface area contributed by atoms with Gasteiger partial charge < -0.3 is 0 Å². The second-order valence-electron chi connectivity index (χ2n) is 2.86. The molecule has 70 valence electrons. The van der Waals surface area contributed by atoms with Gasteiger partial charge in [-0.05, 0) is 19.1 Å². The molecule has 1 aromatic rings. The number of hydrogen-bond acceptors (Lipinski definition) is 3. The highest BCUT2D eigenvalue weighted by atomic mass is 32.2. The van der Waals surface area contributed by atoms with Crippen molar-refractivity contribution in [3.05, 3.63) is 24.4 Å². The Kier molecular flexibility index (Phi) is 2.28. The van der Waals surface area contributed by atoms with E-state index in [-0.39, 0.29) is 6.04 Å². The molecule has 13 heavy (non-hydrogen) atoms. The monoisotopic (exact) mass is 198 g/mol. The summed E-state index contributed by atoms with van der Waals surface area (Å²) in [5.74, 6) is 0.700. The predicted molar refractivity (Wildman–Crippen MR) is 50.3 cm³/mol. The maximum atomic E-state index is 11.4. The summed E-state index contributed by atoms with van der Waals surface area (Å²) < 4.78 is 18.0. The number of rotatable bonds is 1. The average molecular weight is 198 g/mol. The molecule has 1 aliphatic rings. The second kappa shape index (κ2) is 3.43. The van der Waals surface area contributed by atoms with E-state index in [9.17, 15) is 4.21 Å². The molecule has 1 saturated heterocycles. The van der Waals surface area contributed by atoms with Crippen LogP contribution in [-0.2, 0) is 15.4 Å². The maximum Gasteiger partial charge on any atom is 0.266 e. The minimum absolute atomic E-state index is 0.121. The van der Waals surface area contributed by atoms with Gasteiger partial charge in [0.15, 0.2) is 0 Å². The molecule has 0 amide bonds. The number of anilines is 1. The first-order chi connectivity index (χ1) is 6.29. The van der Waals surface area contributed by atoms with Gasteiger partial charge in [0.05, 0.1) is 12.6 Å². The Bertz CT molecular complexity index is 317. The third kappa shape index (κ3) is 1.57. The number of hydrogen-bond donors (Lipinski definition) is 0. The van der Waals surface area contributed by atoms with Crippen molar-refractivity contribution in [3.63, 3.8) is 0 Å². The van der Waals surface area contributed by atoms with Gasteiger partial charge in [-0.1, -0.05) is 6.07 Å². The smallest absolute Gasteiger partial charge is 0.266 e. The normalized spacial score (nSPS) is 27.9. The van der Waals surface area contributed by atoms with E-state index >= 15 is 0 Å². The minimum atomic E-state index is -1.37. The van der Waals surface area contributed by atoms with E-state index in [0.29, 0.717) is 12.4 Å². The fraction of sp³-hybridized carbons (Fsp3) is 0.375. The van der Waals surface area contributed by atoms with Crippen molar-refractivity contribution in [1.82, 2.24) is 4.98 Å². The van der Waals surface area contributed by atoms with Crippen molar-refractivity contribution >= 4 is 17.1 Å². The van der Waals surface area contributed by atoms with E-state index in [1.54, 1.807) is 10.5 Å². The van der Waals surface area contributed by atoms with E-state index in [0.717, 1.165) is 0 Å². The summed E-state index contributed by atoms with van der Waals surface area (Å²) in [6, 6.07) is 5.64. The van der Waals surface area contributed by atoms with E-state index in [2.05, 4.69) is 4.98 Å². The molecule has 0 aliphatic carbocycles. The van der Waals surface area contributed by atoms with Gasteiger partial charge in [0.25, 0.3) is 11.3 Å². The zero-order valence-corrected chi connectivity index (χ0v) is 8.03. The average Bonchev–Trinajstić information content (AvgIpc) is 2.48. The molecule has 0 bridgehead atoms. The SMILES string of the molecule is C[C@@H]1CO[S@](=O)N1c1ccccn1. The van der Waals surface area contributed by atoms with Crippen molar-refractivity contribution in [2.24, 2.45) is 0 Å². The first-order valence-electron chi connectivity index (χ1n) is 4.04. The van der Waals surface area contributed by atoms with Crippen LogP contribution in [0.25, 0.3) is 0 Å². The molecular formula is C8H10N2O2S. The molecule has 0 aromatic carbocycles. The molecule has 0 N–H and O–H groups in total. The van der Waals surface area contributed by atoms with E-state index in [1.807, 2.05) is 25.1 Å². The molecule has 2 atom stereocenters. The van der Waals surface area contributed by atoms with Gasteiger partial charge in [-0.15, -0.1) is 0 Å². The van der Waals surface area contributed by atoms with Crippen LogP contribution in [0.15, 0.2) is 24.4 Å². The number of nitrogens with zero attached hydrogens (tertiary/aromatic N) is 2. The predicted octanol–water partition coefficient (Wildman–Crippen LogP) is 0.885. The Hall–Kier alpha value is -0.940. The van der Waals surface area contributed by atoms with Crippen LogP contribution in [-0.4, -0.2) is 21.8 Å². The molecule has 1 aliphatic heterocycles. The van der Waals surface area contributed by atoms with Crippen molar-refractivity contribution in [2.45, 2.75) is 13.0 Å². The molecule has 2 rings (SSSR count). The lowest BCUT2D eigenvalue weighted by molar-refractivity contribution is 0.366. The Morgan fingerprint density at radius 1 is 1.69 bits per heavy atom. The van der Waals surface area contributed by atoms with Crippen LogP contribution in [0.4, 0.5) is 5.82 Å². The summed E-state index contributed by atoms with van der Waals surface area (Å²) in [5, 5.41) is 0. The van der Waals surface area contributed by atoms with E-state index in [4.69, 9.17) is 4.18 Å². The molecule has 1 fully saturated rings. The second-order valence-corrected chi connectivity index (χ2v) is 3.93. The standard InChI is InChI=1S/C8H10N2O2S/c1-7-6-12-13(11)10(7)8-4-2-3-5-9-8/h2-5,7H,6H2,1H3/t7-,13+/m1/s1. The van der Waals surface area contributed by atoms with Crippen molar-refractivity contribution in [3.8, 4) is 0 Å². The highest BCUT2D eigenvalue weighted by molar-refractivity contribution is 7.82. The van der Waals surface area contributed by atoms with Crippen molar-refractivity contribution in [2.75, 3.05) is 10.9 Å². The Balaban J connectivity index is 2.30. The van der Waals surface area contributed by atoms with Crippen molar-refractivity contribution in [1.29, 1.82) is 0 Å². The van der Waals surface area contributed by atoms with Crippen molar-refractivity contribution < 1.29 is 8.39 Å². The molecule has 1 aromatic heterocycles. The summed E-state index contributed by atoms with van der Waals surface area (Å²) in [7, 11) is 0. The van der Waals surface area contributed by atoms with Gasteiger partial charge in [-0.2, -0.15) is 0 Å². The Labute approximate surface area is 79.3 Å². The van der Waals surface area contributed by atoms with Crippen LogP contribution < -0.4 is 4.31 Å². The molecule has 2 heterocycles. The lowest BCUT2D eigenvalue weighted by Crippen LogP contribution is -2.28. The van der Waals surface area contributed by atoms with Crippen LogP contribution in [0.1, 0.15) is 6.92 Å². The lowest BCUT2D eigenvalue weighted by Gasteiger charge is -2.16. The highest BCUT2D eigenvalue weighted by Crippen LogP contribution is 2.21. The van der Waals surface area contributed by atoms with Crippen LogP contribution >= 0.6 is 0 Å². The molecule has 4 nitrogen and oxygen atoms in total. The fourth-order valence-electron chi connectivity index (χ4n) is 1.21. The quantitative estimate of drug-likeness (QED) is 0.673. The third-order valence-corrected chi connectivity index (χ3v) is 3.05. The Morgan fingerprint density at radius 3 is 3.08 bits per heavy atom. The molecule has 0 saturated carbocycles. The van der Waals surface area contributed by atoms with Gasteiger partial charge >= 0.3 is 0 Å². The molecule has 5 heteroatoms. The van der Waals surface area contributed by atoms with Crippen LogP contribution in [0, 0.1) is 0 Å². The van der Waals surface area contributed by atoms with Crippen LogP contribution in [0.5, 0.6) is 0 Å². The summed E-state index contributed by atoms with van der Waals surface area (Å²) in [6.07, 6.45) is 1.68. The molecular weight excluding hydrogens is 188 g/mol. The molecule has 0 spiro atoms. The largest absolute Gasteiger partial charge is 0.271 e. The number of aromatic nitrogens is 1. The van der Waals surface area contributed by atoms with E-state index < -0.39 is 11.3 Å². The van der Waals surface area contributed by atoms with Crippen LogP contribution in [0.3, 0.4) is 0 Å². The van der Waals surface area contributed by atoms with Gasteiger partial charge in [0.2, 0.25) is 0 Å². The first kappa shape index (κ1) is 8.65. The molecule has 0 unspecified atom stereocenters. The lowest BCUT2D eigenvalue weighted by atomic mass is 10.3. The van der Waals surface area contributed by atoms with Gasteiger partial charge in [-0.25, -0.2) is 13.5 Å². The summed E-state index contributed by atoms with van der Waals surface area (Å²) in [4.78, 5) is 4.11. The van der Waals surface area contributed by atoms with Gasteiger partial charge in [0.1, 0.15) is 5.82 Å². The minimum Gasteiger partial charge on any atom is -0.271 e. The molecule has 0 radical (unpaired) electrons. The summed E-state index contributed by atoms with van der Waals surface area (Å²) >= 11 is -1.37. The first-order valence-corrected chi connectivity index (χ1v) is 5.07. The van der Waals surface area contributed by atoms with Gasteiger partial charge in [0, 0.05) is 6.20 Å². The zero-order chi connectivity index (χ0) is 9.26. The summed E-state index contributed by atoms with van der Waals surface area (Å²) in [6.45, 7) is 2.45. The van der Waals surface area contributed by atoms with Gasteiger partial charge in [-0.3, -0.25) is 4.18 Å². The van der Waals surface area contributed by atoms with E-state index in [1.165, 1.54) is 0 Å². The topological polar surface area (TPSA) is 42.4 Å². The Morgan fingerprint density at radius 2 is 2.54 bits per heavy atom. The fourth-order valence-corrected chi connectivity index (χ4v) is 2.26. The maximum absolute atomic E-state index is 11.4. The zero-order valence-electron chi connectivity index (χ0n) is 7.21. The number of pyridine rings is 1. The highest BCUT2D eigenvalue weighted by Gasteiger charge is 2.29. The van der Waals surface area contributed by atoms with Crippen LogP contribution in [0.2, 0.25) is 0 Å². The summed E-state index contributed by atoms with van der Waals surface area (Å²) in [5.41, 5.74) is 0. The third-order valence-electron chi connectivity index (χ3n) is 1.85.